The molecule has 0 aliphatic heterocycles. The number of rotatable bonds is 8. The minimum absolute atomic E-state index is 0.287. The Morgan fingerprint density at radius 3 is 2.21 bits per heavy atom. The molecule has 8 heteroatoms. The molecule has 0 fully saturated rings. The molecule has 0 radical (unpaired) electrons. The number of aryl methyl sites for hydroxylation is 1. The van der Waals surface area contributed by atoms with Gasteiger partial charge in [-0.3, -0.25) is 4.79 Å². The van der Waals surface area contributed by atoms with Gasteiger partial charge in [-0.25, -0.2) is 4.79 Å². The van der Waals surface area contributed by atoms with E-state index in [0.717, 1.165) is 9.13 Å². The monoisotopic (exact) mass is 451 g/mol. The standard InChI is InChI=1S/C16H22INO6/c1-9(19)18-11(16(20)24-5)7-6-10-8-12(21-2)14(22-3)15(23-4)13(10)17/h8,11H,6-7H2,1-5H3,(H,18,19)/t11-/m0/s1. The Bertz CT molecular complexity index is 605. The van der Waals surface area contributed by atoms with Crippen LogP contribution in [0.25, 0.3) is 0 Å². The van der Waals surface area contributed by atoms with Crippen LogP contribution in [0.5, 0.6) is 17.2 Å². The summed E-state index contributed by atoms with van der Waals surface area (Å²) in [6.45, 7) is 1.36. The Kier molecular flexibility index (Phi) is 8.09. The number of carbonyl (C=O) groups excluding carboxylic acids is 2. The molecular weight excluding hydrogens is 429 g/mol. The van der Waals surface area contributed by atoms with Gasteiger partial charge >= 0.3 is 5.97 Å². The van der Waals surface area contributed by atoms with E-state index in [1.54, 1.807) is 21.3 Å². The molecule has 0 heterocycles. The molecule has 1 N–H and O–H groups in total. The maximum absolute atomic E-state index is 11.8. The minimum Gasteiger partial charge on any atom is -0.493 e. The van der Waals surface area contributed by atoms with Gasteiger partial charge in [-0.2, -0.15) is 0 Å². The number of methoxy groups -OCH3 is 4. The number of esters is 1. The lowest BCUT2D eigenvalue weighted by Crippen LogP contribution is -2.40. The predicted molar refractivity (Wildman–Crippen MR) is 96.8 cm³/mol. The Balaban J connectivity index is 3.09. The van der Waals surface area contributed by atoms with Crippen LogP contribution in [0.4, 0.5) is 0 Å². The van der Waals surface area contributed by atoms with Crippen molar-refractivity contribution in [1.29, 1.82) is 0 Å². The topological polar surface area (TPSA) is 83.1 Å². The summed E-state index contributed by atoms with van der Waals surface area (Å²) in [5.41, 5.74) is 0.921. The first-order valence-corrected chi connectivity index (χ1v) is 8.29. The van der Waals surface area contributed by atoms with E-state index in [0.29, 0.717) is 30.1 Å². The number of carbonyl (C=O) groups is 2. The van der Waals surface area contributed by atoms with Gasteiger partial charge in [0.05, 0.1) is 32.0 Å². The van der Waals surface area contributed by atoms with Gasteiger partial charge in [-0.05, 0) is 47.1 Å². The molecule has 0 aliphatic carbocycles. The fourth-order valence-electron chi connectivity index (χ4n) is 2.29. The van der Waals surface area contributed by atoms with Crippen molar-refractivity contribution in [2.45, 2.75) is 25.8 Å². The summed E-state index contributed by atoms with van der Waals surface area (Å²) in [5, 5.41) is 2.60. The molecule has 1 atom stereocenters. The van der Waals surface area contributed by atoms with E-state index in [1.807, 2.05) is 6.07 Å². The molecular formula is C16H22INO6. The number of amides is 1. The van der Waals surface area contributed by atoms with Crippen LogP contribution < -0.4 is 19.5 Å². The van der Waals surface area contributed by atoms with Crippen molar-refractivity contribution in [1.82, 2.24) is 5.32 Å². The number of hydrogen-bond acceptors (Lipinski definition) is 6. The second kappa shape index (κ2) is 9.55. The fourth-order valence-corrected chi connectivity index (χ4v) is 3.18. The van der Waals surface area contributed by atoms with Gasteiger partial charge in [0.1, 0.15) is 6.04 Å². The zero-order chi connectivity index (χ0) is 18.3. The lowest BCUT2D eigenvalue weighted by atomic mass is 10.0. The molecule has 24 heavy (non-hydrogen) atoms. The third-order valence-corrected chi connectivity index (χ3v) is 4.59. The largest absolute Gasteiger partial charge is 0.493 e. The first-order chi connectivity index (χ1) is 11.4. The van der Waals surface area contributed by atoms with E-state index in [1.165, 1.54) is 14.0 Å². The van der Waals surface area contributed by atoms with Gasteiger partial charge < -0.3 is 24.3 Å². The molecule has 134 valence electrons. The van der Waals surface area contributed by atoms with Crippen molar-refractivity contribution in [3.8, 4) is 17.2 Å². The second-order valence-electron chi connectivity index (χ2n) is 4.93. The van der Waals surface area contributed by atoms with Gasteiger partial charge in [-0.1, -0.05) is 0 Å². The molecule has 0 unspecified atom stereocenters. The zero-order valence-electron chi connectivity index (χ0n) is 14.4. The van der Waals surface area contributed by atoms with Crippen molar-refractivity contribution in [3.63, 3.8) is 0 Å². The highest BCUT2D eigenvalue weighted by Gasteiger charge is 2.23. The van der Waals surface area contributed by atoms with Gasteiger partial charge in [0, 0.05) is 6.92 Å². The highest BCUT2D eigenvalue weighted by molar-refractivity contribution is 14.1. The van der Waals surface area contributed by atoms with E-state index in [4.69, 9.17) is 18.9 Å². The van der Waals surface area contributed by atoms with E-state index < -0.39 is 12.0 Å². The second-order valence-corrected chi connectivity index (χ2v) is 6.01. The number of halogens is 1. The number of nitrogens with one attached hydrogen (secondary N) is 1. The lowest BCUT2D eigenvalue weighted by Gasteiger charge is -2.19. The van der Waals surface area contributed by atoms with E-state index in [2.05, 4.69) is 27.9 Å². The summed E-state index contributed by atoms with van der Waals surface area (Å²) in [6.07, 6.45) is 0.913. The quantitative estimate of drug-likeness (QED) is 0.481. The Morgan fingerprint density at radius 1 is 1.12 bits per heavy atom. The lowest BCUT2D eigenvalue weighted by molar-refractivity contribution is -0.145. The van der Waals surface area contributed by atoms with Gasteiger partial charge in [0.25, 0.3) is 0 Å². The minimum atomic E-state index is -0.706. The molecule has 1 aromatic carbocycles. The van der Waals surface area contributed by atoms with Crippen molar-refractivity contribution >= 4 is 34.5 Å². The van der Waals surface area contributed by atoms with Crippen LogP contribution >= 0.6 is 22.6 Å². The average molecular weight is 451 g/mol. The normalized spacial score (nSPS) is 11.4. The van der Waals surface area contributed by atoms with Crippen molar-refractivity contribution in [3.05, 3.63) is 15.2 Å². The summed E-state index contributed by atoms with van der Waals surface area (Å²) in [7, 11) is 5.93. The molecule has 0 aromatic heterocycles. The zero-order valence-corrected chi connectivity index (χ0v) is 16.6. The Morgan fingerprint density at radius 2 is 1.75 bits per heavy atom. The third kappa shape index (κ3) is 4.89. The number of ether oxygens (including phenoxy) is 4. The van der Waals surface area contributed by atoms with E-state index >= 15 is 0 Å². The summed E-state index contributed by atoms with van der Waals surface area (Å²) in [6, 6.07) is 1.13. The smallest absolute Gasteiger partial charge is 0.328 e. The molecule has 7 nitrogen and oxygen atoms in total. The molecule has 0 spiro atoms. The Labute approximate surface area is 155 Å². The van der Waals surface area contributed by atoms with Crippen molar-refractivity contribution < 1.29 is 28.5 Å². The van der Waals surface area contributed by atoms with E-state index in [-0.39, 0.29) is 5.91 Å². The Hall–Kier alpha value is -1.71. The number of hydrogen-bond donors (Lipinski definition) is 1. The van der Waals surface area contributed by atoms with Gasteiger partial charge in [0.15, 0.2) is 11.5 Å². The first-order valence-electron chi connectivity index (χ1n) is 7.21. The molecule has 1 rings (SSSR count). The summed E-state index contributed by atoms with van der Waals surface area (Å²) >= 11 is 2.16. The highest BCUT2D eigenvalue weighted by atomic mass is 127. The van der Waals surface area contributed by atoms with Crippen molar-refractivity contribution in [2.75, 3.05) is 28.4 Å². The highest BCUT2D eigenvalue weighted by Crippen LogP contribution is 2.42. The maximum atomic E-state index is 11.8. The molecule has 0 bridgehead atoms. The fraction of sp³-hybridized carbons (Fsp3) is 0.500. The molecule has 1 amide bonds. The van der Waals surface area contributed by atoms with Crippen molar-refractivity contribution in [2.24, 2.45) is 0 Å². The summed E-state index contributed by atoms with van der Waals surface area (Å²) < 4.78 is 21.7. The van der Waals surface area contributed by atoms with Crippen LogP contribution in [-0.4, -0.2) is 46.4 Å². The first kappa shape index (κ1) is 20.3. The van der Waals surface area contributed by atoms with Crippen LogP contribution in [0.3, 0.4) is 0 Å². The van der Waals surface area contributed by atoms with Crippen LogP contribution in [0.2, 0.25) is 0 Å². The molecule has 1 aromatic rings. The maximum Gasteiger partial charge on any atom is 0.328 e. The van der Waals surface area contributed by atoms with Crippen LogP contribution in [0.15, 0.2) is 6.07 Å². The molecule has 0 saturated carbocycles. The molecule has 0 aliphatic rings. The summed E-state index contributed by atoms with van der Waals surface area (Å²) in [4.78, 5) is 23.1. The average Bonchev–Trinajstić information content (AvgIpc) is 2.57. The van der Waals surface area contributed by atoms with Gasteiger partial charge in [0.2, 0.25) is 11.7 Å². The van der Waals surface area contributed by atoms with Crippen LogP contribution in [-0.2, 0) is 20.7 Å². The predicted octanol–water partition coefficient (Wildman–Crippen LogP) is 1.93. The van der Waals surface area contributed by atoms with Crippen LogP contribution in [0.1, 0.15) is 18.9 Å². The van der Waals surface area contributed by atoms with Crippen LogP contribution in [0, 0.1) is 3.57 Å². The van der Waals surface area contributed by atoms with Gasteiger partial charge in [-0.15, -0.1) is 0 Å². The summed E-state index contributed by atoms with van der Waals surface area (Å²) in [5.74, 6) is 0.859. The third-order valence-electron chi connectivity index (χ3n) is 3.41. The SMILES string of the molecule is COC(=O)[C@H](CCc1cc(OC)c(OC)c(OC)c1I)NC(C)=O. The van der Waals surface area contributed by atoms with E-state index in [9.17, 15) is 9.59 Å². The molecule has 0 saturated heterocycles. The number of benzene rings is 1.